The number of aryl methyl sites for hydroxylation is 1. The molecule has 1 atom stereocenters. The second-order valence-electron chi connectivity index (χ2n) is 7.71. The van der Waals surface area contributed by atoms with Crippen LogP contribution in [0.2, 0.25) is 0 Å². The first-order valence-electron chi connectivity index (χ1n) is 10.7. The third kappa shape index (κ3) is 6.79. The van der Waals surface area contributed by atoms with E-state index >= 15 is 0 Å². The molecule has 1 aromatic carbocycles. The van der Waals surface area contributed by atoms with E-state index in [-0.39, 0.29) is 23.6 Å². The van der Waals surface area contributed by atoms with E-state index in [4.69, 9.17) is 17.3 Å². The van der Waals surface area contributed by atoms with E-state index in [2.05, 4.69) is 24.5 Å². The Hall–Kier alpha value is -1.89. The number of nitrogens with two attached hydrogens (primary N) is 1. The molecular weight excluding hydrogens is 433 g/mol. The monoisotopic (exact) mass is 465 g/mol. The smallest absolute Gasteiger partial charge is 0.261 e. The van der Waals surface area contributed by atoms with Crippen molar-refractivity contribution in [3.8, 4) is 0 Å². The van der Waals surface area contributed by atoms with Crippen molar-refractivity contribution in [1.29, 1.82) is 0 Å². The Morgan fingerprint density at radius 3 is 2.55 bits per heavy atom. The molecule has 0 saturated carbocycles. The van der Waals surface area contributed by atoms with Crippen LogP contribution in [0, 0.1) is 24.6 Å². The lowest BCUT2D eigenvalue weighted by molar-refractivity contribution is 0.0951. The Kier molecular flexibility index (Phi) is 10.0. The van der Waals surface area contributed by atoms with E-state index in [0.717, 1.165) is 39.6 Å². The van der Waals surface area contributed by atoms with Gasteiger partial charge in [-0.2, -0.15) is 0 Å². The first kappa shape index (κ1) is 25.4. The molecule has 0 aliphatic heterocycles. The molecule has 0 saturated heterocycles. The summed E-state index contributed by atoms with van der Waals surface area (Å²) in [5.74, 6) is -0.0809. The third-order valence-corrected chi connectivity index (χ3v) is 7.09. The van der Waals surface area contributed by atoms with Crippen LogP contribution >= 0.6 is 22.9 Å². The molecule has 1 amide bonds. The van der Waals surface area contributed by atoms with E-state index in [9.17, 15) is 9.18 Å². The minimum Gasteiger partial charge on any atom is -0.387 e. The van der Waals surface area contributed by atoms with Gasteiger partial charge in [0.15, 0.2) is 0 Å². The number of carbonyl (C=O) groups excluding carboxylic acids is 1. The van der Waals surface area contributed by atoms with Gasteiger partial charge in [0.1, 0.15) is 5.82 Å². The highest BCUT2D eigenvalue weighted by Gasteiger charge is 2.20. The second kappa shape index (κ2) is 12.2. The number of allylic oxidation sites excluding steroid dienone is 1. The predicted octanol–water partition coefficient (Wildman–Crippen LogP) is 5.31. The van der Waals surface area contributed by atoms with Gasteiger partial charge in [0.25, 0.3) is 5.91 Å². The van der Waals surface area contributed by atoms with Crippen LogP contribution in [0.4, 0.5) is 4.39 Å². The molecule has 2 rings (SSSR count). The molecule has 0 spiro atoms. The summed E-state index contributed by atoms with van der Waals surface area (Å²) in [6.07, 6.45) is 2.53. The first-order chi connectivity index (χ1) is 14.8. The Morgan fingerprint density at radius 2 is 1.97 bits per heavy atom. The number of rotatable bonds is 11. The Balaban J connectivity index is 2.11. The highest BCUT2D eigenvalue weighted by atomic mass is 35.5. The highest BCUT2D eigenvalue weighted by molar-refractivity contribution is 7.14. The zero-order chi connectivity index (χ0) is 23.0. The van der Waals surface area contributed by atoms with Crippen LogP contribution in [-0.2, 0) is 6.42 Å². The fourth-order valence-corrected chi connectivity index (χ4v) is 5.08. The first-order valence-corrected chi connectivity index (χ1v) is 11.9. The molecule has 0 aliphatic carbocycles. The van der Waals surface area contributed by atoms with Gasteiger partial charge in [0.2, 0.25) is 0 Å². The largest absolute Gasteiger partial charge is 0.387 e. The molecule has 170 valence electrons. The molecule has 1 heterocycles. The third-order valence-electron chi connectivity index (χ3n) is 5.54. The minimum atomic E-state index is -0.265. The molecule has 1 aromatic heterocycles. The quantitative estimate of drug-likeness (QED) is 0.421. The highest BCUT2D eigenvalue weighted by Crippen LogP contribution is 2.34. The standard InChI is InChI=1S/C24H33ClFN3OS/c1-5-18(6-2)22(25)23(28-4)20-12-21(31-15(20)3)24(30)29-14-17(13-27)10-16-8-7-9-19(26)11-16/h7-9,11-12,17-18,28H,5-6,10,13-14,27H2,1-4H3,(H,29,30)/b23-22+/t17-/m0/s1. The average molecular weight is 466 g/mol. The summed E-state index contributed by atoms with van der Waals surface area (Å²) in [4.78, 5) is 14.5. The summed E-state index contributed by atoms with van der Waals surface area (Å²) in [6.45, 7) is 7.09. The van der Waals surface area contributed by atoms with Gasteiger partial charge in [-0.3, -0.25) is 4.79 Å². The lowest BCUT2D eigenvalue weighted by atomic mass is 9.99. The van der Waals surface area contributed by atoms with Crippen LogP contribution in [0.3, 0.4) is 0 Å². The molecule has 4 nitrogen and oxygen atoms in total. The molecule has 0 bridgehead atoms. The van der Waals surface area contributed by atoms with Crippen molar-refractivity contribution in [1.82, 2.24) is 10.6 Å². The van der Waals surface area contributed by atoms with Gasteiger partial charge in [-0.05, 0) is 68.3 Å². The van der Waals surface area contributed by atoms with Gasteiger partial charge in [-0.25, -0.2) is 4.39 Å². The molecular formula is C24H33ClFN3OS. The fraction of sp³-hybridized carbons (Fsp3) is 0.458. The zero-order valence-corrected chi connectivity index (χ0v) is 20.3. The van der Waals surface area contributed by atoms with Gasteiger partial charge >= 0.3 is 0 Å². The van der Waals surface area contributed by atoms with Crippen LogP contribution in [-0.4, -0.2) is 26.0 Å². The number of benzene rings is 1. The Morgan fingerprint density at radius 1 is 1.26 bits per heavy atom. The van der Waals surface area contributed by atoms with E-state index in [0.29, 0.717) is 24.4 Å². The van der Waals surface area contributed by atoms with Crippen molar-refractivity contribution in [2.24, 2.45) is 17.6 Å². The normalized spacial score (nSPS) is 13.2. The Bertz CT molecular complexity index is 908. The summed E-state index contributed by atoms with van der Waals surface area (Å²) >= 11 is 8.15. The van der Waals surface area contributed by atoms with Gasteiger partial charge in [-0.1, -0.05) is 37.6 Å². The second-order valence-corrected chi connectivity index (χ2v) is 9.38. The van der Waals surface area contributed by atoms with Gasteiger partial charge in [-0.15, -0.1) is 11.3 Å². The summed E-state index contributed by atoms with van der Waals surface area (Å²) in [5, 5.41) is 7.02. The molecule has 4 N–H and O–H groups in total. The molecule has 0 unspecified atom stereocenters. The van der Waals surface area contributed by atoms with Crippen molar-refractivity contribution in [3.05, 3.63) is 62.1 Å². The lowest BCUT2D eigenvalue weighted by Gasteiger charge is -2.17. The molecule has 7 heteroatoms. The van der Waals surface area contributed by atoms with Crippen molar-refractivity contribution < 1.29 is 9.18 Å². The van der Waals surface area contributed by atoms with Gasteiger partial charge < -0.3 is 16.4 Å². The summed E-state index contributed by atoms with van der Waals surface area (Å²) in [5.41, 5.74) is 8.61. The number of hydrogen-bond acceptors (Lipinski definition) is 4. The lowest BCUT2D eigenvalue weighted by Crippen LogP contribution is -2.33. The average Bonchev–Trinajstić information content (AvgIpc) is 3.14. The van der Waals surface area contributed by atoms with Crippen LogP contribution in [0.25, 0.3) is 5.70 Å². The number of hydrogen-bond donors (Lipinski definition) is 3. The van der Waals surface area contributed by atoms with Crippen molar-refractivity contribution in [2.45, 2.75) is 40.0 Å². The van der Waals surface area contributed by atoms with Gasteiger partial charge in [0.05, 0.1) is 10.6 Å². The van der Waals surface area contributed by atoms with Crippen molar-refractivity contribution in [2.75, 3.05) is 20.1 Å². The maximum absolute atomic E-state index is 13.4. The number of carbonyl (C=O) groups is 1. The van der Waals surface area contributed by atoms with Crippen LogP contribution < -0.4 is 16.4 Å². The zero-order valence-electron chi connectivity index (χ0n) is 18.7. The summed E-state index contributed by atoms with van der Waals surface area (Å²) in [6, 6.07) is 8.39. The molecule has 31 heavy (non-hydrogen) atoms. The molecule has 0 radical (unpaired) electrons. The maximum Gasteiger partial charge on any atom is 0.261 e. The number of halogens is 2. The van der Waals surface area contributed by atoms with Crippen LogP contribution in [0.5, 0.6) is 0 Å². The van der Waals surface area contributed by atoms with Crippen LogP contribution in [0.15, 0.2) is 35.4 Å². The van der Waals surface area contributed by atoms with E-state index in [1.807, 2.05) is 26.1 Å². The van der Waals surface area contributed by atoms with E-state index in [1.54, 1.807) is 6.07 Å². The summed E-state index contributed by atoms with van der Waals surface area (Å²) < 4.78 is 13.4. The summed E-state index contributed by atoms with van der Waals surface area (Å²) in [7, 11) is 1.86. The SMILES string of the molecule is CCC(CC)/C(Cl)=C(\NC)c1cc(C(=O)NC[C@H](CN)Cc2cccc(F)c2)sc1C. The molecule has 2 aromatic rings. The molecule has 0 aliphatic rings. The number of amides is 1. The van der Waals surface area contributed by atoms with Crippen LogP contribution in [0.1, 0.15) is 52.4 Å². The predicted molar refractivity (Wildman–Crippen MR) is 130 cm³/mol. The van der Waals surface area contributed by atoms with Gasteiger partial charge in [0, 0.05) is 29.1 Å². The minimum absolute atomic E-state index is 0.0309. The maximum atomic E-state index is 13.4. The number of nitrogens with one attached hydrogen (secondary N) is 2. The fourth-order valence-electron chi connectivity index (χ4n) is 3.64. The van der Waals surface area contributed by atoms with Crippen molar-refractivity contribution >= 4 is 34.5 Å². The van der Waals surface area contributed by atoms with E-state index < -0.39 is 0 Å². The Labute approximate surface area is 194 Å². The van der Waals surface area contributed by atoms with Crippen molar-refractivity contribution in [3.63, 3.8) is 0 Å². The molecule has 0 fully saturated rings. The topological polar surface area (TPSA) is 67.2 Å². The van der Waals surface area contributed by atoms with E-state index in [1.165, 1.54) is 23.5 Å². The number of thiophene rings is 1.